The molecular weight excluding hydrogens is 260 g/mol. The van der Waals surface area contributed by atoms with Gasteiger partial charge in [0.15, 0.2) is 6.61 Å². The summed E-state index contributed by atoms with van der Waals surface area (Å²) in [5, 5.41) is 13.2. The van der Waals surface area contributed by atoms with Crippen molar-refractivity contribution in [1.82, 2.24) is 5.32 Å². The third-order valence-corrected chi connectivity index (χ3v) is 2.36. The number of nitrogens with zero attached hydrogens (tertiary/aromatic N) is 1. The van der Waals surface area contributed by atoms with E-state index in [2.05, 4.69) is 5.32 Å². The highest BCUT2D eigenvalue weighted by Crippen LogP contribution is 2.28. The van der Waals surface area contributed by atoms with Crippen LogP contribution in [-0.4, -0.2) is 24.0 Å². The largest absolute Gasteiger partial charge is 0.484 e. The van der Waals surface area contributed by atoms with Gasteiger partial charge in [0.1, 0.15) is 10.8 Å². The SMILES string of the molecule is CCCNC(=O)COc1ccc([N+](=O)[O-])c(Cl)c1. The Morgan fingerprint density at radius 2 is 2.28 bits per heavy atom. The van der Waals surface area contributed by atoms with E-state index in [0.717, 1.165) is 6.42 Å². The minimum absolute atomic E-state index is 0.0218. The Morgan fingerprint density at radius 1 is 1.56 bits per heavy atom. The number of rotatable bonds is 6. The Labute approximate surface area is 109 Å². The van der Waals surface area contributed by atoms with E-state index in [0.29, 0.717) is 12.3 Å². The number of nitro benzene ring substituents is 1. The lowest BCUT2D eigenvalue weighted by atomic mass is 10.3. The molecule has 0 spiro atoms. The summed E-state index contributed by atoms with van der Waals surface area (Å²) in [7, 11) is 0. The molecule has 1 N–H and O–H groups in total. The summed E-state index contributed by atoms with van der Waals surface area (Å²) >= 11 is 5.70. The van der Waals surface area contributed by atoms with Crippen LogP contribution in [0.15, 0.2) is 18.2 Å². The molecule has 7 heteroatoms. The number of halogens is 1. The number of nitro groups is 1. The molecule has 1 amide bonds. The fourth-order valence-corrected chi connectivity index (χ4v) is 1.43. The maximum Gasteiger partial charge on any atom is 0.288 e. The second-order valence-electron chi connectivity index (χ2n) is 3.51. The fourth-order valence-electron chi connectivity index (χ4n) is 1.19. The predicted molar refractivity (Wildman–Crippen MR) is 66.9 cm³/mol. The monoisotopic (exact) mass is 272 g/mol. The average Bonchev–Trinajstić information content (AvgIpc) is 2.33. The van der Waals surface area contributed by atoms with Crippen molar-refractivity contribution in [3.8, 4) is 5.75 Å². The maximum absolute atomic E-state index is 11.3. The van der Waals surface area contributed by atoms with Gasteiger partial charge in [-0.2, -0.15) is 0 Å². The van der Waals surface area contributed by atoms with E-state index >= 15 is 0 Å². The number of nitrogens with one attached hydrogen (secondary N) is 1. The van der Waals surface area contributed by atoms with Crippen LogP contribution in [-0.2, 0) is 4.79 Å². The summed E-state index contributed by atoms with van der Waals surface area (Å²) in [4.78, 5) is 21.2. The highest BCUT2D eigenvalue weighted by molar-refractivity contribution is 6.32. The van der Waals surface area contributed by atoms with Gasteiger partial charge in [-0.3, -0.25) is 14.9 Å². The predicted octanol–water partition coefficient (Wildman–Crippen LogP) is 2.15. The van der Waals surface area contributed by atoms with E-state index in [4.69, 9.17) is 16.3 Å². The number of benzene rings is 1. The number of hydrogen-bond donors (Lipinski definition) is 1. The molecule has 0 aliphatic rings. The normalized spacial score (nSPS) is 9.89. The Morgan fingerprint density at radius 3 is 2.83 bits per heavy atom. The van der Waals surface area contributed by atoms with Gasteiger partial charge in [-0.1, -0.05) is 18.5 Å². The van der Waals surface area contributed by atoms with E-state index in [1.807, 2.05) is 6.92 Å². The summed E-state index contributed by atoms with van der Waals surface area (Å²) in [6.07, 6.45) is 0.842. The number of carbonyl (C=O) groups excluding carboxylic acids is 1. The fraction of sp³-hybridized carbons (Fsp3) is 0.364. The quantitative estimate of drug-likeness (QED) is 0.635. The molecule has 0 aliphatic carbocycles. The molecule has 0 bridgehead atoms. The molecule has 0 aromatic heterocycles. The van der Waals surface area contributed by atoms with E-state index in [1.54, 1.807) is 0 Å². The van der Waals surface area contributed by atoms with Crippen molar-refractivity contribution in [2.45, 2.75) is 13.3 Å². The topological polar surface area (TPSA) is 81.5 Å². The summed E-state index contributed by atoms with van der Waals surface area (Å²) in [5.41, 5.74) is -0.195. The Kier molecular flexibility index (Phi) is 5.38. The molecule has 0 unspecified atom stereocenters. The molecule has 18 heavy (non-hydrogen) atoms. The molecule has 6 nitrogen and oxygen atoms in total. The van der Waals surface area contributed by atoms with Gasteiger partial charge in [0, 0.05) is 18.7 Å². The van der Waals surface area contributed by atoms with Crippen molar-refractivity contribution in [2.24, 2.45) is 0 Å². The van der Waals surface area contributed by atoms with Crippen molar-refractivity contribution < 1.29 is 14.5 Å². The first-order valence-electron chi connectivity index (χ1n) is 5.38. The first-order chi connectivity index (χ1) is 8.54. The standard InChI is InChI=1S/C11H13ClN2O4/c1-2-5-13-11(15)7-18-8-3-4-10(14(16)17)9(12)6-8/h3-4,6H,2,5,7H2,1H3,(H,13,15). The lowest BCUT2D eigenvalue weighted by Gasteiger charge is -2.06. The Bertz CT molecular complexity index is 451. The van der Waals surface area contributed by atoms with Crippen LogP contribution in [0.2, 0.25) is 5.02 Å². The van der Waals surface area contributed by atoms with Gasteiger partial charge < -0.3 is 10.1 Å². The summed E-state index contributed by atoms with van der Waals surface area (Å²) in [6, 6.07) is 3.95. The molecule has 0 heterocycles. The third kappa shape index (κ3) is 4.21. The van der Waals surface area contributed by atoms with Crippen LogP contribution in [0.1, 0.15) is 13.3 Å². The van der Waals surface area contributed by atoms with Crippen LogP contribution in [0, 0.1) is 10.1 Å². The van der Waals surface area contributed by atoms with Gasteiger partial charge in [-0.05, 0) is 12.5 Å². The van der Waals surface area contributed by atoms with Crippen molar-refractivity contribution in [1.29, 1.82) is 0 Å². The number of hydrogen-bond acceptors (Lipinski definition) is 4. The highest BCUT2D eigenvalue weighted by atomic mass is 35.5. The molecule has 0 atom stereocenters. The zero-order valence-electron chi connectivity index (χ0n) is 9.81. The van der Waals surface area contributed by atoms with E-state index < -0.39 is 4.92 Å². The van der Waals surface area contributed by atoms with Crippen LogP contribution in [0.3, 0.4) is 0 Å². The van der Waals surface area contributed by atoms with Crippen molar-refractivity contribution in [2.75, 3.05) is 13.2 Å². The molecule has 0 fully saturated rings. The highest BCUT2D eigenvalue weighted by Gasteiger charge is 2.13. The zero-order valence-corrected chi connectivity index (χ0v) is 10.6. The minimum Gasteiger partial charge on any atom is -0.484 e. The second-order valence-corrected chi connectivity index (χ2v) is 3.92. The van der Waals surface area contributed by atoms with Crippen LogP contribution in [0.4, 0.5) is 5.69 Å². The van der Waals surface area contributed by atoms with Gasteiger partial charge in [0.25, 0.3) is 11.6 Å². The van der Waals surface area contributed by atoms with Crippen LogP contribution in [0.25, 0.3) is 0 Å². The Balaban J connectivity index is 2.56. The van der Waals surface area contributed by atoms with Gasteiger partial charge in [0.05, 0.1) is 4.92 Å². The molecule has 0 radical (unpaired) electrons. The molecule has 0 saturated carbocycles. The smallest absolute Gasteiger partial charge is 0.288 e. The molecule has 0 aliphatic heterocycles. The number of amides is 1. The Hall–Kier alpha value is -1.82. The summed E-state index contributed by atoms with van der Waals surface area (Å²) in [6.45, 7) is 2.38. The zero-order chi connectivity index (χ0) is 13.5. The third-order valence-electron chi connectivity index (χ3n) is 2.06. The first kappa shape index (κ1) is 14.2. The number of ether oxygens (including phenoxy) is 1. The van der Waals surface area contributed by atoms with Crippen molar-refractivity contribution >= 4 is 23.2 Å². The van der Waals surface area contributed by atoms with Crippen LogP contribution >= 0.6 is 11.6 Å². The van der Waals surface area contributed by atoms with Crippen LogP contribution in [0.5, 0.6) is 5.75 Å². The van der Waals surface area contributed by atoms with Crippen LogP contribution < -0.4 is 10.1 Å². The van der Waals surface area contributed by atoms with Gasteiger partial charge in [-0.15, -0.1) is 0 Å². The van der Waals surface area contributed by atoms with E-state index in [-0.39, 0.29) is 23.2 Å². The lowest BCUT2D eigenvalue weighted by molar-refractivity contribution is -0.384. The lowest BCUT2D eigenvalue weighted by Crippen LogP contribution is -2.29. The summed E-state index contributed by atoms with van der Waals surface area (Å²) < 4.78 is 5.16. The van der Waals surface area contributed by atoms with Gasteiger partial charge in [0.2, 0.25) is 0 Å². The first-order valence-corrected chi connectivity index (χ1v) is 5.75. The van der Waals surface area contributed by atoms with Crippen molar-refractivity contribution in [3.05, 3.63) is 33.3 Å². The molecule has 1 rings (SSSR count). The van der Waals surface area contributed by atoms with Gasteiger partial charge in [-0.25, -0.2) is 0 Å². The molecule has 1 aromatic rings. The number of carbonyl (C=O) groups is 1. The maximum atomic E-state index is 11.3. The minimum atomic E-state index is -0.583. The van der Waals surface area contributed by atoms with Gasteiger partial charge >= 0.3 is 0 Å². The molecular formula is C11H13ClN2O4. The molecule has 98 valence electrons. The summed E-state index contributed by atoms with van der Waals surface area (Å²) in [5.74, 6) is 0.0728. The van der Waals surface area contributed by atoms with E-state index in [1.165, 1.54) is 18.2 Å². The molecule has 1 aromatic carbocycles. The second kappa shape index (κ2) is 6.80. The van der Waals surface area contributed by atoms with E-state index in [9.17, 15) is 14.9 Å². The molecule has 0 saturated heterocycles. The van der Waals surface area contributed by atoms with Crippen molar-refractivity contribution in [3.63, 3.8) is 0 Å². The average molecular weight is 273 g/mol.